The lowest BCUT2D eigenvalue weighted by atomic mass is 10.1. The molecule has 0 heterocycles. The molecule has 0 bridgehead atoms. The zero-order chi connectivity index (χ0) is 15.2. The summed E-state index contributed by atoms with van der Waals surface area (Å²) in [6.45, 7) is 0.282. The van der Waals surface area contributed by atoms with Gasteiger partial charge in [0.05, 0.1) is 17.7 Å². The van der Waals surface area contributed by atoms with Crippen molar-refractivity contribution in [2.45, 2.75) is 12.8 Å². The largest absolute Gasteiger partial charge is 0.478 e. The van der Waals surface area contributed by atoms with Gasteiger partial charge in [-0.05, 0) is 24.1 Å². The maximum absolute atomic E-state index is 11.6. The molecule has 0 fully saturated rings. The van der Waals surface area contributed by atoms with Gasteiger partial charge >= 0.3 is 5.97 Å². The summed E-state index contributed by atoms with van der Waals surface area (Å²) in [5.41, 5.74) is 0.734. The van der Waals surface area contributed by atoms with Crippen LogP contribution in [0.15, 0.2) is 24.3 Å². The Bertz CT molecular complexity index is 595. The summed E-state index contributed by atoms with van der Waals surface area (Å²) in [5.74, 6) is -1.27. The molecule has 6 nitrogen and oxygen atoms in total. The van der Waals surface area contributed by atoms with Crippen molar-refractivity contribution in [2.75, 3.05) is 18.6 Å². The second kappa shape index (κ2) is 7.04. The smallest absolute Gasteiger partial charge is 0.335 e. The van der Waals surface area contributed by atoms with Crippen molar-refractivity contribution in [1.82, 2.24) is 5.32 Å². The van der Waals surface area contributed by atoms with Gasteiger partial charge in [0.1, 0.15) is 9.84 Å². The summed E-state index contributed by atoms with van der Waals surface area (Å²) in [4.78, 5) is 22.4. The number of carboxylic acids is 1. The number of benzene rings is 1. The van der Waals surface area contributed by atoms with E-state index in [0.717, 1.165) is 6.26 Å². The molecule has 0 aromatic heterocycles. The van der Waals surface area contributed by atoms with Gasteiger partial charge in [0.2, 0.25) is 5.91 Å². The number of carboxylic acid groups (broad SMARTS) is 1. The number of nitrogens with one attached hydrogen (secondary N) is 1. The monoisotopic (exact) mass is 299 g/mol. The van der Waals surface area contributed by atoms with E-state index >= 15 is 0 Å². The van der Waals surface area contributed by atoms with Crippen LogP contribution in [0.1, 0.15) is 22.3 Å². The topological polar surface area (TPSA) is 101 Å². The molecule has 0 atom stereocenters. The predicted octanol–water partition coefficient (Wildman–Crippen LogP) is 0.478. The first kappa shape index (κ1) is 16.2. The lowest BCUT2D eigenvalue weighted by Gasteiger charge is -2.05. The third-order valence-corrected chi connectivity index (χ3v) is 3.58. The van der Waals surface area contributed by atoms with Crippen molar-refractivity contribution in [3.8, 4) is 0 Å². The molecule has 20 heavy (non-hydrogen) atoms. The van der Waals surface area contributed by atoms with E-state index in [1.165, 1.54) is 12.1 Å². The number of aromatic carboxylic acids is 1. The molecule has 7 heteroatoms. The van der Waals surface area contributed by atoms with Crippen molar-refractivity contribution in [2.24, 2.45) is 0 Å². The maximum Gasteiger partial charge on any atom is 0.335 e. The Morgan fingerprint density at radius 2 is 2.00 bits per heavy atom. The maximum atomic E-state index is 11.6. The highest BCUT2D eigenvalue weighted by Crippen LogP contribution is 2.06. The summed E-state index contributed by atoms with van der Waals surface area (Å²) in [6.07, 6.45) is 1.58. The minimum absolute atomic E-state index is 0.0295. The van der Waals surface area contributed by atoms with Crippen LogP contribution in [0.25, 0.3) is 0 Å². The summed E-state index contributed by atoms with van der Waals surface area (Å²) >= 11 is 0. The van der Waals surface area contributed by atoms with Crippen LogP contribution >= 0.6 is 0 Å². The van der Waals surface area contributed by atoms with Crippen LogP contribution in [0.4, 0.5) is 0 Å². The first-order valence-corrected chi connectivity index (χ1v) is 8.10. The molecule has 0 radical (unpaired) electrons. The van der Waals surface area contributed by atoms with Crippen LogP contribution in [-0.2, 0) is 21.1 Å². The van der Waals surface area contributed by atoms with E-state index in [0.29, 0.717) is 12.0 Å². The van der Waals surface area contributed by atoms with Crippen molar-refractivity contribution in [3.63, 3.8) is 0 Å². The van der Waals surface area contributed by atoms with Crippen LogP contribution in [0.3, 0.4) is 0 Å². The van der Waals surface area contributed by atoms with E-state index in [4.69, 9.17) is 5.11 Å². The summed E-state index contributed by atoms with van der Waals surface area (Å²) in [7, 11) is -3.01. The number of rotatable bonds is 7. The fraction of sp³-hybridized carbons (Fsp3) is 0.385. The van der Waals surface area contributed by atoms with E-state index in [1.807, 2.05) is 0 Å². The molecule has 0 aliphatic rings. The summed E-state index contributed by atoms with van der Waals surface area (Å²) < 4.78 is 21.8. The average molecular weight is 299 g/mol. The number of hydrogen-bond acceptors (Lipinski definition) is 4. The fourth-order valence-electron chi connectivity index (χ4n) is 1.62. The van der Waals surface area contributed by atoms with Crippen LogP contribution in [0.5, 0.6) is 0 Å². The van der Waals surface area contributed by atoms with Crippen molar-refractivity contribution < 1.29 is 23.1 Å². The first-order valence-electron chi connectivity index (χ1n) is 6.04. The van der Waals surface area contributed by atoms with E-state index in [2.05, 4.69) is 5.32 Å². The zero-order valence-corrected chi connectivity index (χ0v) is 11.9. The molecule has 1 rings (SSSR count). The average Bonchev–Trinajstić information content (AvgIpc) is 2.34. The Labute approximate surface area is 117 Å². The molecule has 110 valence electrons. The van der Waals surface area contributed by atoms with Gasteiger partial charge in [-0.25, -0.2) is 13.2 Å². The number of sulfone groups is 1. The van der Waals surface area contributed by atoms with Crippen LogP contribution in [-0.4, -0.2) is 44.0 Å². The molecule has 0 saturated heterocycles. The van der Waals surface area contributed by atoms with Gasteiger partial charge in [0.25, 0.3) is 0 Å². The Morgan fingerprint density at radius 1 is 1.30 bits per heavy atom. The second-order valence-electron chi connectivity index (χ2n) is 4.52. The van der Waals surface area contributed by atoms with Gasteiger partial charge in [0, 0.05) is 12.8 Å². The SMILES string of the molecule is CS(=O)(=O)CCCNC(=O)Cc1cccc(C(=O)O)c1. The molecule has 0 aliphatic carbocycles. The molecule has 2 N–H and O–H groups in total. The minimum atomic E-state index is -3.01. The number of amides is 1. The number of carbonyl (C=O) groups excluding carboxylic acids is 1. The molecule has 0 unspecified atom stereocenters. The van der Waals surface area contributed by atoms with Crippen LogP contribution < -0.4 is 5.32 Å². The van der Waals surface area contributed by atoms with E-state index in [1.54, 1.807) is 12.1 Å². The minimum Gasteiger partial charge on any atom is -0.478 e. The van der Waals surface area contributed by atoms with Gasteiger partial charge in [-0.15, -0.1) is 0 Å². The molecule has 1 aromatic rings. The lowest BCUT2D eigenvalue weighted by Crippen LogP contribution is -2.27. The van der Waals surface area contributed by atoms with E-state index in [9.17, 15) is 18.0 Å². The molecule has 0 aliphatic heterocycles. The van der Waals surface area contributed by atoms with Crippen molar-refractivity contribution in [3.05, 3.63) is 35.4 Å². The quantitative estimate of drug-likeness (QED) is 0.713. The highest BCUT2D eigenvalue weighted by molar-refractivity contribution is 7.90. The van der Waals surface area contributed by atoms with E-state index in [-0.39, 0.29) is 30.2 Å². The van der Waals surface area contributed by atoms with Crippen molar-refractivity contribution >= 4 is 21.7 Å². The fourth-order valence-corrected chi connectivity index (χ4v) is 2.29. The third-order valence-electron chi connectivity index (χ3n) is 2.55. The standard InChI is InChI=1S/C13H17NO5S/c1-20(18,19)7-3-6-14-12(15)9-10-4-2-5-11(8-10)13(16)17/h2,4-5,8H,3,6-7,9H2,1H3,(H,14,15)(H,16,17). The van der Waals surface area contributed by atoms with E-state index < -0.39 is 15.8 Å². The summed E-state index contributed by atoms with van der Waals surface area (Å²) in [5, 5.41) is 11.4. The summed E-state index contributed by atoms with van der Waals surface area (Å²) in [6, 6.07) is 6.15. The van der Waals surface area contributed by atoms with Gasteiger partial charge in [-0.1, -0.05) is 12.1 Å². The Kier molecular flexibility index (Phi) is 5.69. The highest BCUT2D eigenvalue weighted by Gasteiger charge is 2.07. The molecule has 1 amide bonds. The van der Waals surface area contributed by atoms with Crippen LogP contribution in [0.2, 0.25) is 0 Å². The molecule has 0 saturated carbocycles. The molecule has 1 aromatic carbocycles. The number of carbonyl (C=O) groups is 2. The normalized spacial score (nSPS) is 11.1. The predicted molar refractivity (Wildman–Crippen MR) is 74.4 cm³/mol. The van der Waals surface area contributed by atoms with Gasteiger partial charge in [0.15, 0.2) is 0 Å². The molecular weight excluding hydrogens is 282 g/mol. The van der Waals surface area contributed by atoms with Crippen LogP contribution in [0, 0.1) is 0 Å². The highest BCUT2D eigenvalue weighted by atomic mass is 32.2. The van der Waals surface area contributed by atoms with Gasteiger partial charge in [-0.3, -0.25) is 4.79 Å². The lowest BCUT2D eigenvalue weighted by molar-refractivity contribution is -0.120. The third kappa shape index (κ3) is 6.33. The number of hydrogen-bond donors (Lipinski definition) is 2. The molecular formula is C13H17NO5S. The Morgan fingerprint density at radius 3 is 2.60 bits per heavy atom. The van der Waals surface area contributed by atoms with Gasteiger partial charge < -0.3 is 10.4 Å². The molecule has 0 spiro atoms. The van der Waals surface area contributed by atoms with Gasteiger partial charge in [-0.2, -0.15) is 0 Å². The van der Waals surface area contributed by atoms with Crippen molar-refractivity contribution in [1.29, 1.82) is 0 Å². The first-order chi connectivity index (χ1) is 9.28. The Hall–Kier alpha value is -1.89. The zero-order valence-electron chi connectivity index (χ0n) is 11.1. The Balaban J connectivity index is 2.43. The second-order valence-corrected chi connectivity index (χ2v) is 6.78.